The predicted molar refractivity (Wildman–Crippen MR) is 88.0 cm³/mol. The summed E-state index contributed by atoms with van der Waals surface area (Å²) in [5, 5.41) is 5.92. The molecule has 2 rings (SSSR count). The van der Waals surface area contributed by atoms with Crippen LogP contribution in [0.2, 0.25) is 0 Å². The van der Waals surface area contributed by atoms with Crippen LogP contribution in [0.5, 0.6) is 0 Å². The first-order valence-electron chi connectivity index (χ1n) is 7.73. The van der Waals surface area contributed by atoms with E-state index in [-0.39, 0.29) is 17.2 Å². The largest absolute Gasteiger partial charge is 0.447 e. The standard InChI is InChI=1S/C15H25N3O5S/c1-15(2,3)23-14(19)17-12-8-11(12)16-9-10-6-7-13(22-10)24(20,21)18(4)5/h6-7,11-12,16H,8-9H2,1-5H3,(H,17,19). The highest BCUT2D eigenvalue weighted by Crippen LogP contribution is 2.23. The molecule has 1 aromatic rings. The molecule has 1 fully saturated rings. The summed E-state index contributed by atoms with van der Waals surface area (Å²) in [5.41, 5.74) is -0.523. The number of hydrogen-bond acceptors (Lipinski definition) is 6. The number of nitrogens with zero attached hydrogens (tertiary/aromatic N) is 1. The summed E-state index contributed by atoms with van der Waals surface area (Å²) < 4.78 is 35.5. The van der Waals surface area contributed by atoms with Gasteiger partial charge in [0.2, 0.25) is 5.09 Å². The van der Waals surface area contributed by atoms with Crippen molar-refractivity contribution in [3.05, 3.63) is 17.9 Å². The molecule has 0 radical (unpaired) electrons. The van der Waals surface area contributed by atoms with Gasteiger partial charge in [0.05, 0.1) is 6.54 Å². The van der Waals surface area contributed by atoms with Crippen LogP contribution in [0.1, 0.15) is 33.0 Å². The van der Waals surface area contributed by atoms with Crippen molar-refractivity contribution in [2.24, 2.45) is 0 Å². The Balaban J connectivity index is 1.78. The summed E-state index contributed by atoms with van der Waals surface area (Å²) in [7, 11) is -0.655. The van der Waals surface area contributed by atoms with E-state index in [0.29, 0.717) is 12.3 Å². The second kappa shape index (κ2) is 6.73. The van der Waals surface area contributed by atoms with Crippen molar-refractivity contribution in [1.29, 1.82) is 0 Å². The molecule has 9 heteroatoms. The van der Waals surface area contributed by atoms with Gasteiger partial charge in [-0.1, -0.05) is 0 Å². The van der Waals surface area contributed by atoms with Gasteiger partial charge in [-0.25, -0.2) is 17.5 Å². The highest BCUT2D eigenvalue weighted by molar-refractivity contribution is 7.88. The summed E-state index contributed by atoms with van der Waals surface area (Å²) in [6, 6.07) is 3.20. The maximum absolute atomic E-state index is 11.9. The van der Waals surface area contributed by atoms with E-state index in [1.807, 2.05) is 20.8 Å². The molecule has 1 heterocycles. The van der Waals surface area contributed by atoms with Gasteiger partial charge in [0, 0.05) is 26.2 Å². The number of alkyl carbamates (subject to hydrolysis) is 1. The molecule has 24 heavy (non-hydrogen) atoms. The molecule has 136 valence electrons. The maximum atomic E-state index is 11.9. The van der Waals surface area contributed by atoms with E-state index in [9.17, 15) is 13.2 Å². The van der Waals surface area contributed by atoms with Crippen molar-refractivity contribution in [3.8, 4) is 0 Å². The molecular formula is C15H25N3O5S. The summed E-state index contributed by atoms with van der Waals surface area (Å²) >= 11 is 0. The number of furan rings is 1. The van der Waals surface area contributed by atoms with Crippen LogP contribution in [0.15, 0.2) is 21.6 Å². The molecule has 0 bridgehead atoms. The first-order chi connectivity index (χ1) is 11.0. The first-order valence-corrected chi connectivity index (χ1v) is 9.17. The lowest BCUT2D eigenvalue weighted by atomic mass is 10.2. The highest BCUT2D eigenvalue weighted by Gasteiger charge is 2.39. The molecule has 0 aliphatic heterocycles. The second-order valence-electron chi connectivity index (χ2n) is 6.98. The lowest BCUT2D eigenvalue weighted by Gasteiger charge is -2.19. The Morgan fingerprint density at radius 1 is 1.33 bits per heavy atom. The molecule has 0 saturated heterocycles. The van der Waals surface area contributed by atoms with Crippen molar-refractivity contribution >= 4 is 16.1 Å². The number of nitrogens with one attached hydrogen (secondary N) is 2. The van der Waals surface area contributed by atoms with Crippen LogP contribution >= 0.6 is 0 Å². The van der Waals surface area contributed by atoms with E-state index in [2.05, 4.69) is 10.6 Å². The van der Waals surface area contributed by atoms with Crippen molar-refractivity contribution in [1.82, 2.24) is 14.9 Å². The molecule has 1 aliphatic carbocycles. The zero-order valence-corrected chi connectivity index (χ0v) is 15.4. The van der Waals surface area contributed by atoms with E-state index in [1.54, 1.807) is 6.07 Å². The fourth-order valence-corrected chi connectivity index (χ4v) is 2.85. The fourth-order valence-electron chi connectivity index (χ4n) is 2.04. The zero-order valence-electron chi connectivity index (χ0n) is 14.6. The Kier molecular flexibility index (Phi) is 5.26. The quantitative estimate of drug-likeness (QED) is 0.794. The molecule has 1 saturated carbocycles. The van der Waals surface area contributed by atoms with Gasteiger partial charge in [0.1, 0.15) is 11.4 Å². The number of rotatable bonds is 6. The maximum Gasteiger partial charge on any atom is 0.407 e. The van der Waals surface area contributed by atoms with Gasteiger partial charge in [-0.05, 0) is 39.3 Å². The number of hydrogen-bond donors (Lipinski definition) is 2. The van der Waals surface area contributed by atoms with Gasteiger partial charge in [0.25, 0.3) is 10.0 Å². The SMILES string of the molecule is CN(C)S(=O)(=O)c1ccc(CNC2CC2NC(=O)OC(C)(C)C)o1. The molecule has 8 nitrogen and oxygen atoms in total. The number of carbonyl (C=O) groups is 1. The summed E-state index contributed by atoms with van der Waals surface area (Å²) in [5.74, 6) is 0.526. The number of ether oxygens (including phenoxy) is 1. The van der Waals surface area contributed by atoms with Crippen LogP contribution in [0, 0.1) is 0 Å². The monoisotopic (exact) mass is 359 g/mol. The molecule has 1 aromatic heterocycles. The molecular weight excluding hydrogens is 334 g/mol. The summed E-state index contributed by atoms with van der Waals surface area (Å²) in [6.07, 6.45) is 0.358. The van der Waals surface area contributed by atoms with Crippen molar-refractivity contribution in [2.45, 2.75) is 56.5 Å². The third-order valence-electron chi connectivity index (χ3n) is 3.40. The highest BCUT2D eigenvalue weighted by atomic mass is 32.2. The molecule has 1 amide bonds. The van der Waals surface area contributed by atoms with Gasteiger partial charge in [-0.3, -0.25) is 0 Å². The third-order valence-corrected chi connectivity index (χ3v) is 5.09. The number of carbonyl (C=O) groups excluding carboxylic acids is 1. The Bertz CT molecular complexity index is 690. The minimum Gasteiger partial charge on any atom is -0.447 e. The van der Waals surface area contributed by atoms with E-state index < -0.39 is 21.7 Å². The van der Waals surface area contributed by atoms with Gasteiger partial charge < -0.3 is 19.8 Å². The Morgan fingerprint density at radius 2 is 2.00 bits per heavy atom. The molecule has 1 aliphatic rings. The molecule has 0 aromatic carbocycles. The number of sulfonamides is 1. The van der Waals surface area contributed by atoms with Crippen LogP contribution in [-0.2, 0) is 21.3 Å². The molecule has 2 N–H and O–H groups in total. The fraction of sp³-hybridized carbons (Fsp3) is 0.667. The average Bonchev–Trinajstić information content (AvgIpc) is 2.97. The smallest absolute Gasteiger partial charge is 0.407 e. The number of amides is 1. The minimum absolute atomic E-state index is 0.0137. The van der Waals surface area contributed by atoms with Crippen LogP contribution in [-0.4, -0.2) is 50.6 Å². The van der Waals surface area contributed by atoms with Crippen molar-refractivity contribution in [3.63, 3.8) is 0 Å². The Hall–Kier alpha value is -1.58. The second-order valence-corrected chi connectivity index (χ2v) is 9.07. The minimum atomic E-state index is -3.56. The van der Waals surface area contributed by atoms with E-state index in [4.69, 9.17) is 9.15 Å². The average molecular weight is 359 g/mol. The topological polar surface area (TPSA) is 101 Å². The van der Waals surface area contributed by atoms with Crippen molar-refractivity contribution in [2.75, 3.05) is 14.1 Å². The van der Waals surface area contributed by atoms with Gasteiger partial charge >= 0.3 is 6.09 Å². The first kappa shape index (κ1) is 18.8. The lowest BCUT2D eigenvalue weighted by Crippen LogP contribution is -2.36. The zero-order chi connectivity index (χ0) is 18.1. The predicted octanol–water partition coefficient (Wildman–Crippen LogP) is 1.29. The van der Waals surface area contributed by atoms with E-state index in [1.165, 1.54) is 20.2 Å². The summed E-state index contributed by atoms with van der Waals surface area (Å²) in [6.45, 7) is 5.82. The van der Waals surface area contributed by atoms with Crippen LogP contribution in [0.4, 0.5) is 4.79 Å². The normalized spacial score (nSPS) is 20.9. The Morgan fingerprint density at radius 3 is 2.58 bits per heavy atom. The van der Waals surface area contributed by atoms with Gasteiger partial charge in [-0.2, -0.15) is 0 Å². The van der Waals surface area contributed by atoms with Crippen LogP contribution in [0.3, 0.4) is 0 Å². The van der Waals surface area contributed by atoms with Crippen LogP contribution in [0.25, 0.3) is 0 Å². The van der Waals surface area contributed by atoms with Crippen LogP contribution < -0.4 is 10.6 Å². The van der Waals surface area contributed by atoms with E-state index in [0.717, 1.165) is 10.7 Å². The van der Waals surface area contributed by atoms with Gasteiger partial charge in [0.15, 0.2) is 0 Å². The molecule has 2 atom stereocenters. The Labute approximate surface area is 142 Å². The third kappa shape index (κ3) is 4.96. The van der Waals surface area contributed by atoms with E-state index >= 15 is 0 Å². The molecule has 2 unspecified atom stereocenters. The van der Waals surface area contributed by atoms with Crippen molar-refractivity contribution < 1.29 is 22.4 Å². The summed E-state index contributed by atoms with van der Waals surface area (Å²) in [4.78, 5) is 11.7. The lowest BCUT2D eigenvalue weighted by molar-refractivity contribution is 0.0522. The molecule has 0 spiro atoms. The van der Waals surface area contributed by atoms with Gasteiger partial charge in [-0.15, -0.1) is 0 Å².